The zero-order chi connectivity index (χ0) is 27.5. The fourth-order valence-electron chi connectivity index (χ4n) is 6.53. The van der Waals surface area contributed by atoms with E-state index in [4.69, 9.17) is 0 Å². The normalized spacial score (nSPS) is 12.7. The van der Waals surface area contributed by atoms with Crippen LogP contribution in [-0.4, -0.2) is 6.54 Å². The van der Waals surface area contributed by atoms with E-state index in [1.807, 2.05) is 36.4 Å². The molecule has 1 aliphatic rings. The predicted octanol–water partition coefficient (Wildman–Crippen LogP) is 9.76. The van der Waals surface area contributed by atoms with Gasteiger partial charge in [-0.15, -0.1) is 0 Å². The van der Waals surface area contributed by atoms with Crippen LogP contribution in [0.3, 0.4) is 0 Å². The van der Waals surface area contributed by atoms with Crippen molar-refractivity contribution in [1.82, 2.24) is 0 Å². The van der Waals surface area contributed by atoms with Gasteiger partial charge in [0.1, 0.15) is 11.9 Å². The van der Waals surface area contributed by atoms with Crippen molar-refractivity contribution >= 4 is 60.8 Å². The minimum Gasteiger partial charge on any atom is -0.340 e. The summed E-state index contributed by atoms with van der Waals surface area (Å²) in [5, 5.41) is 16.7. The molecule has 7 aromatic carbocycles. The molecule has 1 aliphatic heterocycles. The van der Waals surface area contributed by atoms with Crippen LogP contribution in [-0.2, 0) is 6.42 Å². The Balaban J connectivity index is 1.40. The summed E-state index contributed by atoms with van der Waals surface area (Å²) >= 11 is 0. The van der Waals surface area contributed by atoms with Gasteiger partial charge < -0.3 is 9.80 Å². The van der Waals surface area contributed by atoms with E-state index in [0.29, 0.717) is 0 Å². The largest absolute Gasteiger partial charge is 0.340 e. The molecule has 0 unspecified atom stereocenters. The molecule has 0 radical (unpaired) electrons. The standard InChI is InChI=1S/C37H24FN3/c38-32-17-14-29(22-27(32)23-39)41(28-7-2-1-3-8-28)35-19-13-26-10-15-30-34(40-21-20-24-6-4-5-9-33(24)40)18-12-25-11-16-31(35)37(26)36(25)30/h1-19,22H,20-21H2. The minimum absolute atomic E-state index is 0.0247. The van der Waals surface area contributed by atoms with Gasteiger partial charge in [-0.1, -0.05) is 72.8 Å². The highest BCUT2D eigenvalue weighted by Crippen LogP contribution is 2.47. The number of hydrogen-bond donors (Lipinski definition) is 0. The van der Waals surface area contributed by atoms with Crippen molar-refractivity contribution in [3.63, 3.8) is 0 Å². The second-order valence-corrected chi connectivity index (χ2v) is 10.6. The number of nitrogens with zero attached hydrogens (tertiary/aromatic N) is 3. The van der Waals surface area contributed by atoms with Crippen LogP contribution >= 0.6 is 0 Å². The van der Waals surface area contributed by atoms with Gasteiger partial charge in [-0.05, 0) is 82.1 Å². The van der Waals surface area contributed by atoms with E-state index in [-0.39, 0.29) is 5.56 Å². The lowest BCUT2D eigenvalue weighted by Crippen LogP contribution is -2.13. The molecule has 0 spiro atoms. The molecule has 0 fully saturated rings. The number of nitriles is 1. The number of anilines is 5. The molecule has 8 rings (SSSR count). The summed E-state index contributed by atoms with van der Waals surface area (Å²) in [6.07, 6.45) is 1.04. The fraction of sp³-hybridized carbons (Fsp3) is 0.0541. The van der Waals surface area contributed by atoms with Crippen molar-refractivity contribution in [3.8, 4) is 6.07 Å². The third-order valence-corrected chi connectivity index (χ3v) is 8.38. The zero-order valence-electron chi connectivity index (χ0n) is 22.2. The lowest BCUT2D eigenvalue weighted by atomic mass is 9.92. The minimum atomic E-state index is -0.518. The molecule has 0 bridgehead atoms. The molecule has 0 atom stereocenters. The average molecular weight is 530 g/mol. The van der Waals surface area contributed by atoms with Crippen LogP contribution in [0.5, 0.6) is 0 Å². The van der Waals surface area contributed by atoms with E-state index in [2.05, 4.69) is 82.6 Å². The summed E-state index contributed by atoms with van der Waals surface area (Å²) < 4.78 is 14.4. The van der Waals surface area contributed by atoms with Crippen LogP contribution < -0.4 is 9.80 Å². The first-order valence-electron chi connectivity index (χ1n) is 13.8. The lowest BCUT2D eigenvalue weighted by molar-refractivity contribution is 0.624. The molecule has 0 amide bonds. The molecule has 41 heavy (non-hydrogen) atoms. The molecule has 194 valence electrons. The van der Waals surface area contributed by atoms with E-state index >= 15 is 0 Å². The Hall–Kier alpha value is -5.40. The van der Waals surface area contributed by atoms with Crippen molar-refractivity contribution in [2.45, 2.75) is 6.42 Å². The molecule has 0 aliphatic carbocycles. The van der Waals surface area contributed by atoms with E-state index in [1.54, 1.807) is 12.1 Å². The summed E-state index contributed by atoms with van der Waals surface area (Å²) in [6, 6.07) is 43.1. The summed E-state index contributed by atoms with van der Waals surface area (Å²) in [5.41, 5.74) is 6.56. The third kappa shape index (κ3) is 3.56. The maximum Gasteiger partial charge on any atom is 0.141 e. The molecule has 1 heterocycles. The zero-order valence-corrected chi connectivity index (χ0v) is 22.2. The highest BCUT2D eigenvalue weighted by atomic mass is 19.1. The van der Waals surface area contributed by atoms with E-state index in [1.165, 1.54) is 49.9 Å². The predicted molar refractivity (Wildman–Crippen MR) is 167 cm³/mol. The summed E-state index contributed by atoms with van der Waals surface area (Å²) in [7, 11) is 0. The van der Waals surface area contributed by atoms with Crippen LogP contribution in [0, 0.1) is 17.1 Å². The van der Waals surface area contributed by atoms with Gasteiger partial charge in [0.2, 0.25) is 0 Å². The Morgan fingerprint density at radius 3 is 2.20 bits per heavy atom. The third-order valence-electron chi connectivity index (χ3n) is 8.38. The maximum atomic E-state index is 14.4. The van der Waals surface area contributed by atoms with Crippen molar-refractivity contribution in [1.29, 1.82) is 5.26 Å². The van der Waals surface area contributed by atoms with Crippen LogP contribution in [0.25, 0.3) is 32.3 Å². The molecule has 0 N–H and O–H groups in total. The van der Waals surface area contributed by atoms with Crippen molar-refractivity contribution < 1.29 is 4.39 Å². The van der Waals surface area contributed by atoms with Gasteiger partial charge in [0.15, 0.2) is 0 Å². The smallest absolute Gasteiger partial charge is 0.141 e. The number of rotatable bonds is 4. The first kappa shape index (κ1) is 23.5. The lowest BCUT2D eigenvalue weighted by Gasteiger charge is -2.28. The Bertz CT molecular complexity index is 2150. The quantitative estimate of drug-likeness (QED) is 0.213. The maximum absolute atomic E-state index is 14.4. The van der Waals surface area contributed by atoms with Crippen LogP contribution in [0.1, 0.15) is 11.1 Å². The number of para-hydroxylation sites is 2. The Labute approximate surface area is 237 Å². The summed E-state index contributed by atoms with van der Waals surface area (Å²) in [4.78, 5) is 4.56. The van der Waals surface area contributed by atoms with Crippen LogP contribution in [0.2, 0.25) is 0 Å². The van der Waals surface area contributed by atoms with Crippen LogP contribution in [0.15, 0.2) is 121 Å². The van der Waals surface area contributed by atoms with E-state index in [9.17, 15) is 9.65 Å². The van der Waals surface area contributed by atoms with E-state index < -0.39 is 5.82 Å². The SMILES string of the molecule is N#Cc1cc(N(c2ccccc2)c2ccc3ccc4c(N5CCc6ccccc65)ccc5ccc2c3c54)ccc1F. The molecular formula is C37H24FN3. The number of fused-ring (bicyclic) bond motifs is 1. The molecule has 3 nitrogen and oxygen atoms in total. The Morgan fingerprint density at radius 2 is 1.37 bits per heavy atom. The average Bonchev–Trinajstić information content (AvgIpc) is 3.46. The fourth-order valence-corrected chi connectivity index (χ4v) is 6.53. The monoisotopic (exact) mass is 529 g/mol. The highest BCUT2D eigenvalue weighted by Gasteiger charge is 2.24. The molecule has 0 aromatic heterocycles. The van der Waals surface area contributed by atoms with E-state index in [0.717, 1.165) is 35.4 Å². The second kappa shape index (κ2) is 9.08. The summed E-state index contributed by atoms with van der Waals surface area (Å²) in [6.45, 7) is 0.960. The molecule has 0 saturated heterocycles. The highest BCUT2D eigenvalue weighted by molar-refractivity contribution is 6.28. The Kier molecular flexibility index (Phi) is 5.20. The van der Waals surface area contributed by atoms with Crippen molar-refractivity contribution in [2.24, 2.45) is 0 Å². The van der Waals surface area contributed by atoms with Gasteiger partial charge in [0.05, 0.1) is 11.3 Å². The molecular weight excluding hydrogens is 505 g/mol. The molecule has 7 aromatic rings. The van der Waals surface area contributed by atoms with Crippen molar-refractivity contribution in [2.75, 3.05) is 16.3 Å². The molecule has 0 saturated carbocycles. The molecule has 4 heteroatoms. The van der Waals surface area contributed by atoms with Gasteiger partial charge >= 0.3 is 0 Å². The van der Waals surface area contributed by atoms with Crippen molar-refractivity contribution in [3.05, 3.63) is 138 Å². The Morgan fingerprint density at radius 1 is 0.659 bits per heavy atom. The van der Waals surface area contributed by atoms with Gasteiger partial charge in [-0.3, -0.25) is 0 Å². The number of halogens is 1. The summed E-state index contributed by atoms with van der Waals surface area (Å²) in [5.74, 6) is -0.518. The number of hydrogen-bond acceptors (Lipinski definition) is 3. The first-order chi connectivity index (χ1) is 20.2. The topological polar surface area (TPSA) is 30.3 Å². The second-order valence-electron chi connectivity index (χ2n) is 10.6. The van der Waals surface area contributed by atoms with Gasteiger partial charge in [0.25, 0.3) is 0 Å². The van der Waals surface area contributed by atoms with Crippen LogP contribution in [0.4, 0.5) is 32.8 Å². The van der Waals surface area contributed by atoms with Gasteiger partial charge in [-0.25, -0.2) is 4.39 Å². The first-order valence-corrected chi connectivity index (χ1v) is 13.8. The van der Waals surface area contributed by atoms with Gasteiger partial charge in [-0.2, -0.15) is 5.26 Å². The van der Waals surface area contributed by atoms with Gasteiger partial charge in [0, 0.05) is 40.1 Å². The number of benzene rings is 7.